The Morgan fingerprint density at radius 3 is 3.00 bits per heavy atom. The number of aromatic nitrogens is 4. The third kappa shape index (κ3) is 3.20. The van der Waals surface area contributed by atoms with Crippen LogP contribution in [-0.2, 0) is 13.0 Å². The third-order valence-electron chi connectivity index (χ3n) is 3.64. The largest absolute Gasteiger partial charge is 0.297 e. The minimum atomic E-state index is -0.0313. The molecule has 0 saturated carbocycles. The van der Waals surface area contributed by atoms with Crippen LogP contribution in [0.4, 0.5) is 0 Å². The molecule has 3 aromatic rings. The fourth-order valence-corrected chi connectivity index (χ4v) is 3.01. The molecule has 0 aliphatic heterocycles. The summed E-state index contributed by atoms with van der Waals surface area (Å²) in [5, 5.41) is 1.87. The van der Waals surface area contributed by atoms with E-state index in [1.54, 1.807) is 35.3 Å². The number of thiazole rings is 1. The summed E-state index contributed by atoms with van der Waals surface area (Å²) in [6.45, 7) is 2.76. The predicted octanol–water partition coefficient (Wildman–Crippen LogP) is 1.61. The standard InChI is InChI=1S/C15H17N5OS/c1-11(7-12-9-16-3-4-17-12)19(2)10-13-8-14(21)20-5-6-22-15(20)18-13/h3-6,8-9,11H,7,10H2,1-2H3/t11-/m0/s1. The van der Waals surface area contributed by atoms with Gasteiger partial charge >= 0.3 is 0 Å². The average Bonchev–Trinajstić information content (AvgIpc) is 2.97. The Bertz CT molecular complexity index is 813. The number of likely N-dealkylation sites (N-methyl/N-ethyl adjacent to an activating group) is 1. The van der Waals surface area contributed by atoms with Gasteiger partial charge in [-0.1, -0.05) is 0 Å². The molecule has 0 spiro atoms. The lowest BCUT2D eigenvalue weighted by molar-refractivity contribution is 0.244. The van der Waals surface area contributed by atoms with Crippen molar-refractivity contribution in [1.29, 1.82) is 0 Å². The Hall–Kier alpha value is -2.12. The zero-order valence-electron chi connectivity index (χ0n) is 12.5. The van der Waals surface area contributed by atoms with E-state index in [1.807, 2.05) is 12.4 Å². The number of hydrogen-bond acceptors (Lipinski definition) is 6. The molecule has 22 heavy (non-hydrogen) atoms. The van der Waals surface area contributed by atoms with E-state index in [0.29, 0.717) is 6.54 Å². The molecule has 3 heterocycles. The molecule has 0 N–H and O–H groups in total. The highest BCUT2D eigenvalue weighted by atomic mass is 32.1. The van der Waals surface area contributed by atoms with Crippen LogP contribution in [0, 0.1) is 0 Å². The van der Waals surface area contributed by atoms with Gasteiger partial charge in [-0.25, -0.2) is 4.98 Å². The number of hydrogen-bond donors (Lipinski definition) is 0. The Morgan fingerprint density at radius 1 is 1.36 bits per heavy atom. The number of fused-ring (bicyclic) bond motifs is 1. The Kier molecular flexibility index (Phi) is 4.26. The molecule has 3 rings (SSSR count). The molecule has 7 heteroatoms. The lowest BCUT2D eigenvalue weighted by Gasteiger charge is -2.23. The van der Waals surface area contributed by atoms with Gasteiger partial charge in [-0.3, -0.25) is 24.1 Å². The number of rotatable bonds is 5. The van der Waals surface area contributed by atoms with Crippen molar-refractivity contribution in [3.05, 3.63) is 58.0 Å². The summed E-state index contributed by atoms with van der Waals surface area (Å²) < 4.78 is 1.57. The van der Waals surface area contributed by atoms with Crippen LogP contribution in [0.1, 0.15) is 18.3 Å². The molecule has 114 valence electrons. The summed E-state index contributed by atoms with van der Waals surface area (Å²) in [5.74, 6) is 0. The second kappa shape index (κ2) is 6.33. The minimum absolute atomic E-state index is 0.0313. The van der Waals surface area contributed by atoms with E-state index in [9.17, 15) is 4.79 Å². The first-order valence-electron chi connectivity index (χ1n) is 7.04. The molecule has 0 fully saturated rings. The topological polar surface area (TPSA) is 63.4 Å². The molecule has 0 radical (unpaired) electrons. The molecule has 6 nitrogen and oxygen atoms in total. The molecular weight excluding hydrogens is 298 g/mol. The first-order valence-corrected chi connectivity index (χ1v) is 7.92. The highest BCUT2D eigenvalue weighted by Crippen LogP contribution is 2.10. The van der Waals surface area contributed by atoms with Crippen LogP contribution in [0.5, 0.6) is 0 Å². The maximum atomic E-state index is 12.0. The van der Waals surface area contributed by atoms with E-state index in [4.69, 9.17) is 0 Å². The van der Waals surface area contributed by atoms with E-state index in [2.05, 4.69) is 26.8 Å². The van der Waals surface area contributed by atoms with Crippen LogP contribution in [0.15, 0.2) is 41.0 Å². The van der Waals surface area contributed by atoms with Gasteiger partial charge in [0.15, 0.2) is 4.96 Å². The fourth-order valence-electron chi connectivity index (χ4n) is 2.27. The Balaban J connectivity index is 1.72. The fraction of sp³-hybridized carbons (Fsp3) is 0.333. The summed E-state index contributed by atoms with van der Waals surface area (Å²) in [5.41, 5.74) is 1.72. The van der Waals surface area contributed by atoms with Gasteiger partial charge in [0.25, 0.3) is 5.56 Å². The average molecular weight is 315 g/mol. The second-order valence-corrected chi connectivity index (χ2v) is 6.18. The van der Waals surface area contributed by atoms with Crippen LogP contribution < -0.4 is 5.56 Å². The summed E-state index contributed by atoms with van der Waals surface area (Å²) in [6, 6.07) is 1.88. The van der Waals surface area contributed by atoms with Crippen molar-refractivity contribution in [2.75, 3.05) is 7.05 Å². The monoisotopic (exact) mass is 315 g/mol. The van der Waals surface area contributed by atoms with Crippen molar-refractivity contribution in [2.24, 2.45) is 0 Å². The molecule has 0 aromatic carbocycles. The van der Waals surface area contributed by atoms with Crippen LogP contribution in [0.3, 0.4) is 0 Å². The molecule has 1 atom stereocenters. The Labute approximate surface area is 132 Å². The molecule has 0 unspecified atom stereocenters. The molecule has 3 aromatic heterocycles. The van der Waals surface area contributed by atoms with Crippen molar-refractivity contribution in [2.45, 2.75) is 25.9 Å². The highest BCUT2D eigenvalue weighted by Gasteiger charge is 2.13. The molecular formula is C15H17N5OS. The summed E-state index contributed by atoms with van der Waals surface area (Å²) in [4.78, 5) is 27.8. The van der Waals surface area contributed by atoms with Gasteiger partial charge in [0.1, 0.15) is 0 Å². The van der Waals surface area contributed by atoms with Crippen LogP contribution >= 0.6 is 11.3 Å². The minimum Gasteiger partial charge on any atom is -0.297 e. The van der Waals surface area contributed by atoms with E-state index in [0.717, 1.165) is 22.8 Å². The van der Waals surface area contributed by atoms with Crippen molar-refractivity contribution in [3.8, 4) is 0 Å². The van der Waals surface area contributed by atoms with E-state index >= 15 is 0 Å². The van der Waals surface area contributed by atoms with Gasteiger partial charge < -0.3 is 0 Å². The SMILES string of the molecule is C[C@@H](Cc1cnccn1)N(C)Cc1cc(=O)n2ccsc2n1. The van der Waals surface area contributed by atoms with Gasteiger partial charge in [-0.15, -0.1) is 11.3 Å². The zero-order valence-corrected chi connectivity index (χ0v) is 13.3. The van der Waals surface area contributed by atoms with Gasteiger partial charge in [0.2, 0.25) is 0 Å². The van der Waals surface area contributed by atoms with Crippen molar-refractivity contribution in [1.82, 2.24) is 24.3 Å². The van der Waals surface area contributed by atoms with E-state index in [1.165, 1.54) is 11.3 Å². The van der Waals surface area contributed by atoms with Crippen LogP contribution in [-0.4, -0.2) is 37.3 Å². The zero-order chi connectivity index (χ0) is 15.5. The van der Waals surface area contributed by atoms with Gasteiger partial charge in [0, 0.05) is 55.2 Å². The van der Waals surface area contributed by atoms with Crippen molar-refractivity contribution in [3.63, 3.8) is 0 Å². The lowest BCUT2D eigenvalue weighted by atomic mass is 10.1. The van der Waals surface area contributed by atoms with Gasteiger partial charge in [0.05, 0.1) is 11.4 Å². The van der Waals surface area contributed by atoms with E-state index < -0.39 is 0 Å². The van der Waals surface area contributed by atoms with Crippen LogP contribution in [0.2, 0.25) is 0 Å². The molecule has 0 amide bonds. The normalized spacial score (nSPS) is 12.9. The van der Waals surface area contributed by atoms with Gasteiger partial charge in [-0.2, -0.15) is 0 Å². The summed E-state index contributed by atoms with van der Waals surface area (Å²) in [6.07, 6.45) is 7.72. The first kappa shape index (κ1) is 14.8. The van der Waals surface area contributed by atoms with Gasteiger partial charge in [-0.05, 0) is 14.0 Å². The Morgan fingerprint density at radius 2 is 2.23 bits per heavy atom. The number of nitrogens with zero attached hydrogens (tertiary/aromatic N) is 5. The van der Waals surface area contributed by atoms with Crippen LogP contribution in [0.25, 0.3) is 4.96 Å². The van der Waals surface area contributed by atoms with Crippen molar-refractivity contribution >= 4 is 16.3 Å². The summed E-state index contributed by atoms with van der Waals surface area (Å²) in [7, 11) is 2.03. The quantitative estimate of drug-likeness (QED) is 0.716. The van der Waals surface area contributed by atoms with Crippen molar-refractivity contribution < 1.29 is 0 Å². The smallest absolute Gasteiger partial charge is 0.258 e. The first-order chi connectivity index (χ1) is 10.6. The highest BCUT2D eigenvalue weighted by molar-refractivity contribution is 7.15. The molecule has 0 aliphatic rings. The third-order valence-corrected chi connectivity index (χ3v) is 4.40. The summed E-state index contributed by atoms with van der Waals surface area (Å²) >= 11 is 1.47. The molecule has 0 aliphatic carbocycles. The lowest BCUT2D eigenvalue weighted by Crippen LogP contribution is -2.31. The predicted molar refractivity (Wildman–Crippen MR) is 86.0 cm³/mol. The molecule has 0 bridgehead atoms. The van der Waals surface area contributed by atoms with E-state index in [-0.39, 0.29) is 11.6 Å². The maximum absolute atomic E-state index is 12.0. The maximum Gasteiger partial charge on any atom is 0.258 e. The molecule has 0 saturated heterocycles. The second-order valence-electron chi connectivity index (χ2n) is 5.31.